The van der Waals surface area contributed by atoms with Crippen molar-refractivity contribution in [3.8, 4) is 35.2 Å². The van der Waals surface area contributed by atoms with E-state index in [0.29, 0.717) is 51.0 Å². The third kappa shape index (κ3) is 14.3. The number of ether oxygens (including phenoxy) is 5. The maximum absolute atomic E-state index is 12.2. The van der Waals surface area contributed by atoms with Crippen LogP contribution in [0.4, 0.5) is 0 Å². The van der Waals surface area contributed by atoms with Crippen LogP contribution in [0.5, 0.6) is 11.5 Å². The number of halogens is 2. The van der Waals surface area contributed by atoms with Crippen LogP contribution >= 0.6 is 31.9 Å². The lowest BCUT2D eigenvalue weighted by Crippen LogP contribution is -2.29. The molecule has 2 unspecified atom stereocenters. The van der Waals surface area contributed by atoms with Crippen LogP contribution in [-0.4, -0.2) is 62.3 Å². The van der Waals surface area contributed by atoms with Crippen molar-refractivity contribution >= 4 is 43.8 Å². The lowest BCUT2D eigenvalue weighted by molar-refractivity contribution is -0.156. The number of rotatable bonds is 17. The minimum atomic E-state index is -0.984. The maximum atomic E-state index is 12.2. The van der Waals surface area contributed by atoms with Gasteiger partial charge in [0, 0.05) is 37.2 Å². The van der Waals surface area contributed by atoms with Crippen LogP contribution in [0, 0.1) is 23.7 Å². The van der Waals surface area contributed by atoms with E-state index in [1.807, 2.05) is 73.7 Å². The van der Waals surface area contributed by atoms with Crippen molar-refractivity contribution in [3.05, 3.63) is 116 Å². The Kier molecular flexibility index (Phi) is 18.0. The number of carbonyl (C=O) groups is 2. The third-order valence-electron chi connectivity index (χ3n) is 6.79. The Labute approximate surface area is 311 Å². The monoisotopic (exact) mass is 806 g/mol. The molecule has 0 radical (unpaired) electrons. The predicted molar refractivity (Wildman–Crippen MR) is 200 cm³/mol. The number of benzene rings is 3. The lowest BCUT2D eigenvalue weighted by atomic mass is 10.1. The van der Waals surface area contributed by atoms with E-state index in [1.54, 1.807) is 32.1 Å². The number of hydrogen-bond acceptors (Lipinski definition) is 7. The van der Waals surface area contributed by atoms with E-state index in [9.17, 15) is 14.7 Å². The molecule has 0 heterocycles. The molecule has 0 fully saturated rings. The zero-order valence-corrected chi connectivity index (χ0v) is 31.4. The summed E-state index contributed by atoms with van der Waals surface area (Å²) in [4.78, 5) is 23.5. The fraction of sp³-hybridized carbons (Fsp3) is 0.300. The molecule has 10 heteroatoms. The molecule has 3 rings (SSSR count). The van der Waals surface area contributed by atoms with E-state index in [0.717, 1.165) is 31.2 Å². The van der Waals surface area contributed by atoms with Crippen molar-refractivity contribution in [1.29, 1.82) is 0 Å². The summed E-state index contributed by atoms with van der Waals surface area (Å²) in [6.45, 7) is 7.13. The van der Waals surface area contributed by atoms with E-state index >= 15 is 0 Å². The van der Waals surface area contributed by atoms with Crippen LogP contribution in [0.2, 0.25) is 0 Å². The highest BCUT2D eigenvalue weighted by Crippen LogP contribution is 2.28. The van der Waals surface area contributed by atoms with Gasteiger partial charge in [-0.15, -0.1) is 0 Å². The first-order valence-electron chi connectivity index (χ1n) is 16.1. The smallest absolute Gasteiger partial charge is 0.335 e. The third-order valence-corrected chi connectivity index (χ3v) is 8.03. The molecular weight excluding hydrogens is 768 g/mol. The second kappa shape index (κ2) is 22.4. The Hall–Kier alpha value is -4.32. The van der Waals surface area contributed by atoms with E-state index in [-0.39, 0.29) is 12.4 Å². The largest absolute Gasteiger partial charge is 0.488 e. The van der Waals surface area contributed by atoms with Crippen LogP contribution in [-0.2, 0) is 36.6 Å². The molecular formula is C40H40Br2O8. The summed E-state index contributed by atoms with van der Waals surface area (Å²) in [5.41, 5.74) is 3.49. The molecule has 0 amide bonds. The Morgan fingerprint density at radius 1 is 0.700 bits per heavy atom. The van der Waals surface area contributed by atoms with Gasteiger partial charge in [-0.2, -0.15) is 0 Å². The highest BCUT2D eigenvalue weighted by molar-refractivity contribution is 9.10. The molecule has 262 valence electrons. The van der Waals surface area contributed by atoms with Gasteiger partial charge in [-0.25, -0.2) is 9.59 Å². The summed E-state index contributed by atoms with van der Waals surface area (Å²) >= 11 is 7.03. The van der Waals surface area contributed by atoms with Gasteiger partial charge in [0.2, 0.25) is 0 Å². The number of hydrogen-bond donors (Lipinski definition) is 1. The van der Waals surface area contributed by atoms with Crippen molar-refractivity contribution in [3.63, 3.8) is 0 Å². The number of carbonyl (C=O) groups excluding carboxylic acids is 1. The number of esters is 1. The van der Waals surface area contributed by atoms with Gasteiger partial charge in [-0.3, -0.25) is 0 Å². The molecule has 2 atom stereocenters. The number of aliphatic carboxylic acids is 1. The van der Waals surface area contributed by atoms with E-state index in [4.69, 9.17) is 23.7 Å². The normalized spacial score (nSPS) is 12.0. The van der Waals surface area contributed by atoms with Crippen molar-refractivity contribution in [2.75, 3.05) is 33.0 Å². The van der Waals surface area contributed by atoms with E-state index in [1.165, 1.54) is 0 Å². The van der Waals surface area contributed by atoms with Gasteiger partial charge in [-0.1, -0.05) is 35.8 Å². The molecule has 0 saturated carbocycles. The summed E-state index contributed by atoms with van der Waals surface area (Å²) in [5, 5.41) is 9.29. The number of carboxylic acid groups (broad SMARTS) is 1. The van der Waals surface area contributed by atoms with Gasteiger partial charge < -0.3 is 28.8 Å². The average molecular weight is 809 g/mol. The zero-order valence-electron chi connectivity index (χ0n) is 28.2. The first kappa shape index (κ1) is 40.1. The Morgan fingerprint density at radius 2 is 1.16 bits per heavy atom. The van der Waals surface area contributed by atoms with Crippen molar-refractivity contribution in [2.45, 2.75) is 45.8 Å². The standard InChI is InChI=1S/C40H40Br2O8/c1-4-46-37(39(43)44)27-31-19-21-35(33(41)25-31)49-23-11-7-9-13-29-15-17-30(18-16-29)14-10-8-12-24-50-36-22-20-32(26-34(36)42)28-38(47-5-2)40(45)48-6-3/h7-8,11-12,15-22,25-26,37-38H,4-6,23-24,27-28H2,1-3H3,(H,43,44). The molecule has 0 aromatic heterocycles. The lowest BCUT2D eigenvalue weighted by Gasteiger charge is -2.16. The highest BCUT2D eigenvalue weighted by Gasteiger charge is 2.21. The topological polar surface area (TPSA) is 101 Å². The van der Waals surface area contributed by atoms with Gasteiger partial charge >= 0.3 is 11.9 Å². The minimum absolute atomic E-state index is 0.271. The van der Waals surface area contributed by atoms with Crippen LogP contribution in [0.1, 0.15) is 43.0 Å². The van der Waals surface area contributed by atoms with E-state index < -0.39 is 18.2 Å². The molecule has 8 nitrogen and oxygen atoms in total. The average Bonchev–Trinajstić information content (AvgIpc) is 3.09. The number of carboxylic acids is 1. The van der Waals surface area contributed by atoms with Gasteiger partial charge in [0.25, 0.3) is 0 Å². The molecule has 0 aliphatic heterocycles. The maximum Gasteiger partial charge on any atom is 0.335 e. The molecule has 3 aromatic rings. The van der Waals surface area contributed by atoms with Gasteiger partial charge in [-0.05, 0) is 137 Å². The van der Waals surface area contributed by atoms with Crippen molar-refractivity contribution in [2.24, 2.45) is 0 Å². The van der Waals surface area contributed by atoms with Crippen molar-refractivity contribution < 1.29 is 38.4 Å². The van der Waals surface area contributed by atoms with Crippen LogP contribution in [0.15, 0.2) is 93.9 Å². The Bertz CT molecular complexity index is 1740. The highest BCUT2D eigenvalue weighted by atomic mass is 79.9. The fourth-order valence-electron chi connectivity index (χ4n) is 4.45. The Balaban J connectivity index is 1.41. The number of allylic oxidation sites excluding steroid dienone is 2. The second-order valence-corrected chi connectivity index (χ2v) is 12.2. The molecule has 50 heavy (non-hydrogen) atoms. The van der Waals surface area contributed by atoms with Crippen LogP contribution in [0.25, 0.3) is 0 Å². The summed E-state index contributed by atoms with van der Waals surface area (Å²) < 4.78 is 29.1. The molecule has 0 spiro atoms. The molecule has 0 saturated heterocycles. The van der Waals surface area contributed by atoms with Gasteiger partial charge in [0.15, 0.2) is 12.2 Å². The van der Waals surface area contributed by atoms with Gasteiger partial charge in [0.05, 0.1) is 15.6 Å². The summed E-state index contributed by atoms with van der Waals surface area (Å²) in [6, 6.07) is 18.8. The molecule has 3 aromatic carbocycles. The van der Waals surface area contributed by atoms with Gasteiger partial charge in [0.1, 0.15) is 24.7 Å². The first-order valence-corrected chi connectivity index (χ1v) is 17.7. The van der Waals surface area contributed by atoms with Crippen molar-refractivity contribution in [1.82, 2.24) is 0 Å². The summed E-state index contributed by atoms with van der Waals surface area (Å²) in [7, 11) is 0. The zero-order chi connectivity index (χ0) is 36.1. The molecule has 0 aliphatic carbocycles. The molecule has 0 aliphatic rings. The fourth-order valence-corrected chi connectivity index (χ4v) is 5.53. The minimum Gasteiger partial charge on any atom is -0.488 e. The molecule has 1 N–H and O–H groups in total. The summed E-state index contributed by atoms with van der Waals surface area (Å²) in [6.07, 6.45) is 6.29. The quantitative estimate of drug-likeness (QED) is 0.109. The Morgan fingerprint density at radius 3 is 1.58 bits per heavy atom. The first-order chi connectivity index (χ1) is 24.2. The molecule has 0 bridgehead atoms. The summed E-state index contributed by atoms with van der Waals surface area (Å²) in [5.74, 6) is 12.2. The SMILES string of the molecule is CCOC(=O)C(Cc1ccc(OCC=CC#Cc2ccc(C#CC=CCOc3ccc(CC(OCC)C(=O)O)cc3Br)cc2)c(Br)c1)OCC. The second-order valence-electron chi connectivity index (χ2n) is 10.5. The van der Waals surface area contributed by atoms with Crippen LogP contribution in [0.3, 0.4) is 0 Å². The predicted octanol–water partition coefficient (Wildman–Crippen LogP) is 7.73. The van der Waals surface area contributed by atoms with Crippen LogP contribution < -0.4 is 9.47 Å². The van der Waals surface area contributed by atoms with E-state index in [2.05, 4.69) is 55.5 Å².